The molecule has 0 fully saturated rings. The number of pyridine rings is 1. The van der Waals surface area contributed by atoms with Crippen molar-refractivity contribution < 1.29 is 4.74 Å². The van der Waals surface area contributed by atoms with Gasteiger partial charge in [0.2, 0.25) is 5.88 Å². The molecular weight excluding hydrogens is 224 g/mol. The highest BCUT2D eigenvalue weighted by molar-refractivity contribution is 5.40. The van der Waals surface area contributed by atoms with Gasteiger partial charge in [-0.1, -0.05) is 30.3 Å². The monoisotopic (exact) mass is 242 g/mol. The maximum Gasteiger partial charge on any atom is 0.218 e. The van der Waals surface area contributed by atoms with Crippen molar-refractivity contribution in [2.45, 2.75) is 13.0 Å². The zero-order valence-electron chi connectivity index (χ0n) is 11.0. The Bertz CT molecular complexity index is 525. The summed E-state index contributed by atoms with van der Waals surface area (Å²) in [6, 6.07) is 12.4. The van der Waals surface area contributed by atoms with Gasteiger partial charge in [0.25, 0.3) is 0 Å². The smallest absolute Gasteiger partial charge is 0.218 e. The zero-order valence-corrected chi connectivity index (χ0v) is 11.0. The highest BCUT2D eigenvalue weighted by Crippen LogP contribution is 2.29. The van der Waals surface area contributed by atoms with Crippen LogP contribution in [0.3, 0.4) is 0 Å². The van der Waals surface area contributed by atoms with Crippen LogP contribution < -0.4 is 10.1 Å². The average molecular weight is 242 g/mol. The summed E-state index contributed by atoms with van der Waals surface area (Å²) in [6.07, 6.45) is 1.74. The maximum absolute atomic E-state index is 5.34. The highest BCUT2D eigenvalue weighted by atomic mass is 16.5. The molecule has 0 aliphatic heterocycles. The van der Waals surface area contributed by atoms with E-state index in [1.807, 2.05) is 25.2 Å². The van der Waals surface area contributed by atoms with Gasteiger partial charge in [-0.15, -0.1) is 0 Å². The van der Waals surface area contributed by atoms with Crippen molar-refractivity contribution in [3.63, 3.8) is 0 Å². The van der Waals surface area contributed by atoms with Crippen molar-refractivity contribution in [1.82, 2.24) is 10.3 Å². The molecule has 0 saturated carbocycles. The molecule has 1 atom stereocenters. The van der Waals surface area contributed by atoms with Crippen LogP contribution in [0.1, 0.15) is 22.7 Å². The quantitative estimate of drug-likeness (QED) is 0.895. The lowest BCUT2D eigenvalue weighted by molar-refractivity contribution is 0.388. The van der Waals surface area contributed by atoms with Crippen LogP contribution in [0.25, 0.3) is 0 Å². The van der Waals surface area contributed by atoms with Gasteiger partial charge in [0.15, 0.2) is 0 Å². The third-order valence-corrected chi connectivity index (χ3v) is 3.09. The molecule has 0 aliphatic carbocycles. The van der Waals surface area contributed by atoms with E-state index in [-0.39, 0.29) is 6.04 Å². The van der Waals surface area contributed by atoms with Gasteiger partial charge in [-0.25, -0.2) is 4.98 Å². The number of methoxy groups -OCH3 is 1. The summed E-state index contributed by atoms with van der Waals surface area (Å²) in [5.74, 6) is 0.667. The predicted molar refractivity (Wildman–Crippen MR) is 72.9 cm³/mol. The van der Waals surface area contributed by atoms with Crippen LogP contribution in [0, 0.1) is 6.92 Å². The summed E-state index contributed by atoms with van der Waals surface area (Å²) < 4.78 is 5.34. The van der Waals surface area contributed by atoms with Crippen LogP contribution >= 0.6 is 0 Å². The molecular formula is C15H18N2O. The molecule has 1 aromatic carbocycles. The van der Waals surface area contributed by atoms with Gasteiger partial charge < -0.3 is 10.1 Å². The summed E-state index contributed by atoms with van der Waals surface area (Å²) in [5, 5.41) is 3.33. The van der Waals surface area contributed by atoms with Crippen molar-refractivity contribution in [2.75, 3.05) is 14.2 Å². The van der Waals surface area contributed by atoms with Crippen LogP contribution in [-0.4, -0.2) is 19.1 Å². The number of nitrogens with one attached hydrogen (secondary N) is 1. The van der Waals surface area contributed by atoms with Gasteiger partial charge in [-0.2, -0.15) is 0 Å². The predicted octanol–water partition coefficient (Wildman–Crippen LogP) is 2.71. The molecule has 2 aromatic rings. The molecule has 0 saturated heterocycles. The number of benzene rings is 1. The number of aryl methyl sites for hydroxylation is 1. The molecule has 18 heavy (non-hydrogen) atoms. The molecule has 0 bridgehead atoms. The molecule has 3 heteroatoms. The van der Waals surface area contributed by atoms with Crippen molar-refractivity contribution >= 4 is 0 Å². The van der Waals surface area contributed by atoms with Crippen LogP contribution in [0.15, 0.2) is 42.6 Å². The van der Waals surface area contributed by atoms with Crippen LogP contribution in [0.2, 0.25) is 0 Å². The Balaban J connectivity index is 2.49. The Labute approximate surface area is 108 Å². The number of hydrogen-bond donors (Lipinski definition) is 1. The molecule has 1 unspecified atom stereocenters. The van der Waals surface area contributed by atoms with E-state index in [1.54, 1.807) is 13.3 Å². The van der Waals surface area contributed by atoms with Crippen molar-refractivity contribution in [1.29, 1.82) is 0 Å². The van der Waals surface area contributed by atoms with E-state index in [2.05, 4.69) is 35.4 Å². The van der Waals surface area contributed by atoms with Gasteiger partial charge in [-0.3, -0.25) is 0 Å². The lowest BCUT2D eigenvalue weighted by atomic mass is 9.96. The number of aromatic nitrogens is 1. The number of rotatable bonds is 4. The van der Waals surface area contributed by atoms with Crippen molar-refractivity contribution in [3.05, 3.63) is 59.3 Å². The zero-order chi connectivity index (χ0) is 13.0. The molecule has 1 N–H and O–H groups in total. The van der Waals surface area contributed by atoms with E-state index in [0.717, 1.165) is 5.56 Å². The van der Waals surface area contributed by atoms with E-state index in [9.17, 15) is 0 Å². The van der Waals surface area contributed by atoms with E-state index in [1.165, 1.54) is 11.1 Å². The Morgan fingerprint density at radius 3 is 2.50 bits per heavy atom. The second-order valence-corrected chi connectivity index (χ2v) is 4.18. The minimum atomic E-state index is 0.0925. The molecule has 0 spiro atoms. The molecule has 0 radical (unpaired) electrons. The Morgan fingerprint density at radius 2 is 1.83 bits per heavy atom. The van der Waals surface area contributed by atoms with Crippen molar-refractivity contribution in [3.8, 4) is 5.88 Å². The summed E-state index contributed by atoms with van der Waals surface area (Å²) >= 11 is 0. The second-order valence-electron chi connectivity index (χ2n) is 4.18. The van der Waals surface area contributed by atoms with E-state index < -0.39 is 0 Å². The fourth-order valence-electron chi connectivity index (χ4n) is 2.18. The molecule has 3 nitrogen and oxygen atoms in total. The third kappa shape index (κ3) is 2.36. The van der Waals surface area contributed by atoms with Gasteiger partial charge >= 0.3 is 0 Å². The van der Waals surface area contributed by atoms with E-state index in [4.69, 9.17) is 4.74 Å². The normalized spacial score (nSPS) is 12.2. The first-order valence-electron chi connectivity index (χ1n) is 5.99. The SMILES string of the molecule is CNC(c1ccccc1C)c1cccnc1OC. The lowest BCUT2D eigenvalue weighted by Gasteiger charge is -2.20. The van der Waals surface area contributed by atoms with Gasteiger partial charge in [0.1, 0.15) is 0 Å². The first-order valence-corrected chi connectivity index (χ1v) is 5.99. The topological polar surface area (TPSA) is 34.2 Å². The summed E-state index contributed by atoms with van der Waals surface area (Å²) in [7, 11) is 3.60. The standard InChI is InChI=1S/C15H18N2O/c1-11-7-4-5-8-12(11)14(16-2)13-9-6-10-17-15(13)18-3/h4-10,14,16H,1-3H3. The first-order chi connectivity index (χ1) is 8.77. The second kappa shape index (κ2) is 5.65. The minimum Gasteiger partial charge on any atom is -0.481 e. The lowest BCUT2D eigenvalue weighted by Crippen LogP contribution is -2.19. The van der Waals surface area contributed by atoms with Crippen LogP contribution in [0.4, 0.5) is 0 Å². The van der Waals surface area contributed by atoms with Gasteiger partial charge in [-0.05, 0) is 31.2 Å². The Hall–Kier alpha value is -1.87. The van der Waals surface area contributed by atoms with E-state index in [0.29, 0.717) is 5.88 Å². The van der Waals surface area contributed by atoms with Gasteiger partial charge in [0, 0.05) is 11.8 Å². The average Bonchev–Trinajstić information content (AvgIpc) is 2.42. The Morgan fingerprint density at radius 1 is 1.11 bits per heavy atom. The number of hydrogen-bond acceptors (Lipinski definition) is 3. The van der Waals surface area contributed by atoms with Crippen LogP contribution in [0.5, 0.6) is 5.88 Å². The van der Waals surface area contributed by atoms with Gasteiger partial charge in [0.05, 0.1) is 13.2 Å². The summed E-state index contributed by atoms with van der Waals surface area (Å²) in [6.45, 7) is 2.11. The molecule has 94 valence electrons. The van der Waals surface area contributed by atoms with E-state index >= 15 is 0 Å². The summed E-state index contributed by atoms with van der Waals surface area (Å²) in [5.41, 5.74) is 3.55. The number of nitrogens with zero attached hydrogens (tertiary/aromatic N) is 1. The molecule has 1 aromatic heterocycles. The largest absolute Gasteiger partial charge is 0.481 e. The molecule has 0 amide bonds. The highest BCUT2D eigenvalue weighted by Gasteiger charge is 2.18. The molecule has 2 rings (SSSR count). The minimum absolute atomic E-state index is 0.0925. The summed E-state index contributed by atoms with van der Waals surface area (Å²) in [4.78, 5) is 4.26. The third-order valence-electron chi connectivity index (χ3n) is 3.09. The van der Waals surface area contributed by atoms with Crippen LogP contribution in [-0.2, 0) is 0 Å². The fourth-order valence-corrected chi connectivity index (χ4v) is 2.18. The number of ether oxygens (including phenoxy) is 1. The first kappa shape index (κ1) is 12.6. The molecule has 0 aliphatic rings. The molecule has 1 heterocycles. The Kier molecular flexibility index (Phi) is 3.95. The van der Waals surface area contributed by atoms with Crippen molar-refractivity contribution in [2.24, 2.45) is 0 Å². The maximum atomic E-state index is 5.34. The fraction of sp³-hybridized carbons (Fsp3) is 0.267.